The van der Waals surface area contributed by atoms with Crippen molar-refractivity contribution in [1.82, 2.24) is 14.8 Å². The first kappa shape index (κ1) is 26.2. The summed E-state index contributed by atoms with van der Waals surface area (Å²) in [6.45, 7) is 4.55. The maximum Gasteiger partial charge on any atom is 0.417 e. The molecular formula is C26H30F3N3O3. The summed E-state index contributed by atoms with van der Waals surface area (Å²) in [4.78, 5) is 14.7. The van der Waals surface area contributed by atoms with Gasteiger partial charge in [-0.05, 0) is 80.0 Å². The van der Waals surface area contributed by atoms with E-state index < -0.39 is 17.7 Å². The molecule has 0 unspecified atom stereocenters. The van der Waals surface area contributed by atoms with Crippen LogP contribution in [-0.2, 0) is 30.2 Å². The van der Waals surface area contributed by atoms with Gasteiger partial charge in [-0.3, -0.25) is 4.79 Å². The van der Waals surface area contributed by atoms with Crippen molar-refractivity contribution in [2.45, 2.75) is 65.0 Å². The Labute approximate surface area is 202 Å². The molecule has 6 nitrogen and oxygen atoms in total. The number of carbonyl (C=O) groups is 1. The van der Waals surface area contributed by atoms with Gasteiger partial charge in [0.25, 0.3) is 0 Å². The zero-order chi connectivity index (χ0) is 25.4. The highest BCUT2D eigenvalue weighted by Gasteiger charge is 2.30. The Morgan fingerprint density at radius 2 is 1.89 bits per heavy atom. The van der Waals surface area contributed by atoms with Crippen molar-refractivity contribution in [1.29, 1.82) is 0 Å². The predicted molar refractivity (Wildman–Crippen MR) is 126 cm³/mol. The van der Waals surface area contributed by atoms with Gasteiger partial charge in [0.1, 0.15) is 5.75 Å². The lowest BCUT2D eigenvalue weighted by molar-refractivity contribution is -0.138. The number of alkyl halides is 3. The molecule has 2 heterocycles. The molecule has 0 radical (unpaired) electrons. The maximum absolute atomic E-state index is 12.8. The van der Waals surface area contributed by atoms with Gasteiger partial charge in [-0.15, -0.1) is 0 Å². The molecule has 0 fully saturated rings. The van der Waals surface area contributed by atoms with Gasteiger partial charge >= 0.3 is 12.1 Å². The van der Waals surface area contributed by atoms with Gasteiger partial charge in [-0.25, -0.2) is 9.67 Å². The fraction of sp³-hybridized carbons (Fsp3) is 0.423. The lowest BCUT2D eigenvalue weighted by Crippen LogP contribution is -2.07. The minimum atomic E-state index is -4.42. The van der Waals surface area contributed by atoms with E-state index in [1.165, 1.54) is 6.07 Å². The summed E-state index contributed by atoms with van der Waals surface area (Å²) in [6, 6.07) is 8.05. The van der Waals surface area contributed by atoms with Crippen LogP contribution in [0.5, 0.6) is 5.75 Å². The van der Waals surface area contributed by atoms with E-state index in [4.69, 9.17) is 9.84 Å². The van der Waals surface area contributed by atoms with E-state index in [1.807, 2.05) is 31.3 Å². The molecule has 0 amide bonds. The van der Waals surface area contributed by atoms with Gasteiger partial charge in [0.15, 0.2) is 5.82 Å². The van der Waals surface area contributed by atoms with Crippen molar-refractivity contribution in [3.8, 4) is 11.6 Å². The number of aryl methyl sites for hydroxylation is 4. The number of halogens is 3. The Morgan fingerprint density at radius 1 is 1.09 bits per heavy atom. The Balaban J connectivity index is 1.53. The van der Waals surface area contributed by atoms with E-state index in [-0.39, 0.29) is 6.42 Å². The second-order valence-corrected chi connectivity index (χ2v) is 8.49. The molecule has 1 aromatic carbocycles. The topological polar surface area (TPSA) is 77.2 Å². The highest BCUT2D eigenvalue weighted by molar-refractivity contribution is 5.67. The van der Waals surface area contributed by atoms with Gasteiger partial charge in [0.05, 0.1) is 17.9 Å². The molecule has 9 heteroatoms. The second-order valence-electron chi connectivity index (χ2n) is 8.49. The molecule has 0 saturated carbocycles. The Hall–Kier alpha value is -3.36. The third-order valence-electron chi connectivity index (χ3n) is 5.71. The summed E-state index contributed by atoms with van der Waals surface area (Å²) >= 11 is 0. The average Bonchev–Trinajstić information content (AvgIpc) is 3.20. The predicted octanol–water partition coefficient (Wildman–Crippen LogP) is 5.97. The number of nitrogens with zero attached hydrogens (tertiary/aromatic N) is 3. The molecule has 0 aliphatic heterocycles. The monoisotopic (exact) mass is 489 g/mol. The zero-order valence-corrected chi connectivity index (χ0v) is 19.9. The fourth-order valence-corrected chi connectivity index (χ4v) is 3.80. The Morgan fingerprint density at radius 3 is 2.51 bits per heavy atom. The average molecular weight is 490 g/mol. The molecule has 0 saturated heterocycles. The maximum atomic E-state index is 12.8. The summed E-state index contributed by atoms with van der Waals surface area (Å²) in [5.74, 6) is 0.300. The van der Waals surface area contributed by atoms with Crippen molar-refractivity contribution >= 4 is 5.97 Å². The van der Waals surface area contributed by atoms with Crippen LogP contribution in [0.2, 0.25) is 0 Å². The van der Waals surface area contributed by atoms with E-state index in [0.717, 1.165) is 72.5 Å². The normalized spacial score (nSPS) is 11.6. The van der Waals surface area contributed by atoms with E-state index in [0.29, 0.717) is 18.8 Å². The number of unbranched alkanes of at least 4 members (excludes halogenated alkanes) is 1. The lowest BCUT2D eigenvalue weighted by Gasteiger charge is -2.10. The molecular weight excluding hydrogens is 459 g/mol. The van der Waals surface area contributed by atoms with Crippen LogP contribution >= 0.6 is 0 Å². The number of hydrogen-bond donors (Lipinski definition) is 1. The van der Waals surface area contributed by atoms with Crippen molar-refractivity contribution < 1.29 is 27.8 Å². The molecule has 0 aliphatic rings. The second kappa shape index (κ2) is 11.9. The van der Waals surface area contributed by atoms with Crippen molar-refractivity contribution in [3.63, 3.8) is 0 Å². The number of rotatable bonds is 12. The van der Waals surface area contributed by atoms with E-state index in [1.54, 1.807) is 4.68 Å². The Bertz CT molecular complexity index is 1130. The Kier molecular flexibility index (Phi) is 8.89. The van der Waals surface area contributed by atoms with Crippen LogP contribution in [-0.4, -0.2) is 32.4 Å². The molecule has 0 bridgehead atoms. The van der Waals surface area contributed by atoms with Crippen LogP contribution in [0.25, 0.3) is 5.82 Å². The van der Waals surface area contributed by atoms with Crippen LogP contribution in [0.1, 0.15) is 60.6 Å². The van der Waals surface area contributed by atoms with Gasteiger partial charge in [0, 0.05) is 18.8 Å². The smallest absolute Gasteiger partial charge is 0.417 e. The van der Waals surface area contributed by atoms with Crippen molar-refractivity contribution in [2.24, 2.45) is 0 Å². The number of hydrogen-bond acceptors (Lipinski definition) is 4. The van der Waals surface area contributed by atoms with Crippen LogP contribution in [0, 0.1) is 6.92 Å². The highest BCUT2D eigenvalue weighted by atomic mass is 19.4. The molecule has 1 N–H and O–H groups in total. The van der Waals surface area contributed by atoms with Gasteiger partial charge < -0.3 is 9.84 Å². The number of aliphatic carboxylic acids is 1. The largest absolute Gasteiger partial charge is 0.494 e. The van der Waals surface area contributed by atoms with Gasteiger partial charge in [-0.1, -0.05) is 19.4 Å². The van der Waals surface area contributed by atoms with Crippen LogP contribution in [0.15, 0.2) is 42.7 Å². The van der Waals surface area contributed by atoms with E-state index in [2.05, 4.69) is 17.0 Å². The number of carboxylic acid groups (broad SMARTS) is 1. The van der Waals surface area contributed by atoms with Crippen LogP contribution in [0.3, 0.4) is 0 Å². The summed E-state index contributed by atoms with van der Waals surface area (Å²) in [5.41, 5.74) is 3.22. The molecule has 3 aromatic rings. The summed E-state index contributed by atoms with van der Waals surface area (Å²) in [5, 5.41) is 13.4. The summed E-state index contributed by atoms with van der Waals surface area (Å²) in [6.07, 6.45) is 3.04. The zero-order valence-electron chi connectivity index (χ0n) is 19.9. The molecule has 188 valence electrons. The number of benzene rings is 1. The van der Waals surface area contributed by atoms with Crippen molar-refractivity contribution in [3.05, 3.63) is 70.7 Å². The fourth-order valence-electron chi connectivity index (χ4n) is 3.80. The molecule has 35 heavy (non-hydrogen) atoms. The van der Waals surface area contributed by atoms with E-state index in [9.17, 15) is 18.0 Å². The first-order chi connectivity index (χ1) is 16.7. The molecule has 3 rings (SSSR count). The van der Waals surface area contributed by atoms with Crippen LogP contribution < -0.4 is 4.74 Å². The van der Waals surface area contributed by atoms with E-state index >= 15 is 0 Å². The number of carboxylic acids is 1. The van der Waals surface area contributed by atoms with Gasteiger partial charge in [-0.2, -0.15) is 18.3 Å². The first-order valence-corrected chi connectivity index (χ1v) is 11.7. The first-order valence-electron chi connectivity index (χ1n) is 11.7. The quantitative estimate of drug-likeness (QED) is 0.318. The molecule has 2 aromatic heterocycles. The number of pyridine rings is 1. The van der Waals surface area contributed by atoms with Crippen molar-refractivity contribution in [2.75, 3.05) is 6.61 Å². The molecule has 0 aliphatic carbocycles. The van der Waals surface area contributed by atoms with Gasteiger partial charge in [0.2, 0.25) is 0 Å². The highest BCUT2D eigenvalue weighted by Crippen LogP contribution is 2.29. The summed E-state index contributed by atoms with van der Waals surface area (Å²) in [7, 11) is 0. The molecule has 0 atom stereocenters. The SMILES string of the molecule is CCCc1nn(-c2ccc(C(F)(F)F)cn2)cc1CCCCOc1ccc(CCC(=O)O)c(C)c1. The minimum absolute atomic E-state index is 0.104. The minimum Gasteiger partial charge on any atom is -0.494 e. The molecule has 0 spiro atoms. The number of ether oxygens (including phenoxy) is 1. The van der Waals surface area contributed by atoms with Crippen LogP contribution in [0.4, 0.5) is 13.2 Å². The third-order valence-corrected chi connectivity index (χ3v) is 5.71. The number of aromatic nitrogens is 3. The lowest BCUT2D eigenvalue weighted by atomic mass is 10.0. The summed E-state index contributed by atoms with van der Waals surface area (Å²) < 4.78 is 45.8. The third kappa shape index (κ3) is 7.56. The standard InChI is InChI=1S/C26H30F3N3O3/c1-3-6-23-20(17-32(31-23)24-12-10-21(16-30-24)26(27,28)29)7-4-5-14-35-22-11-8-19(18(2)15-22)9-13-25(33)34/h8,10-12,15-17H,3-7,9,13-14H2,1-2H3,(H,33,34).